The topological polar surface area (TPSA) is 91.7 Å². The monoisotopic (exact) mass is 966 g/mol. The molecule has 0 unspecified atom stereocenters. The smallest absolute Gasteiger partial charge is 0.335 e. The summed E-state index contributed by atoms with van der Waals surface area (Å²) in [5, 5.41) is 26.3. The first kappa shape index (κ1) is 49.8. The van der Waals surface area contributed by atoms with Gasteiger partial charge in [-0.05, 0) is 96.2 Å². The summed E-state index contributed by atoms with van der Waals surface area (Å²) in [6.45, 7) is 4.50. The summed E-state index contributed by atoms with van der Waals surface area (Å²) in [6, 6.07) is 76.7. The van der Waals surface area contributed by atoms with Gasteiger partial charge >= 0.3 is 11.9 Å². The Kier molecular flexibility index (Phi) is 22.9. The first-order chi connectivity index (χ1) is 29.3. The van der Waals surface area contributed by atoms with Crippen LogP contribution in [0.5, 0.6) is 0 Å². The van der Waals surface area contributed by atoms with Crippen molar-refractivity contribution in [3.8, 4) is 0 Å². The van der Waals surface area contributed by atoms with Crippen LogP contribution in [-0.4, -0.2) is 28.9 Å². The molecule has 0 aliphatic heterocycles. The van der Waals surface area contributed by atoms with E-state index in [-0.39, 0.29) is 30.6 Å². The maximum Gasteiger partial charge on any atom is 0.335 e. The number of carboxylic acids is 2. The fourth-order valence-corrected chi connectivity index (χ4v) is 10.4. The predicted octanol–water partition coefficient (Wildman–Crippen LogP) is 10.6. The normalized spacial score (nSPS) is 9.70. The number of halogens is 2. The fraction of sp³-hybridized carbons (Fsp3) is 0. The van der Waals surface area contributed by atoms with Crippen molar-refractivity contribution >= 4 is 89.6 Å². The van der Waals surface area contributed by atoms with Crippen molar-refractivity contribution in [2.75, 3.05) is 0 Å². The van der Waals surface area contributed by atoms with E-state index in [1.54, 1.807) is 24.3 Å². The number of carboxylic acid groups (broad SMARTS) is 2. The third kappa shape index (κ3) is 16.8. The average Bonchev–Trinajstić information content (AvgIpc) is 3.30. The Labute approximate surface area is 383 Å². The minimum atomic E-state index is -0.934. The molecule has 0 bridgehead atoms. The Morgan fingerprint density at radius 1 is 0.328 bits per heavy atom. The molecule has 10 heteroatoms. The molecule has 61 heavy (non-hydrogen) atoms. The second kappa shape index (κ2) is 28.1. The number of aromatic carboxylic acids is 2. The molecule has 0 amide bonds. The van der Waals surface area contributed by atoms with Crippen LogP contribution in [-0.2, 0) is 24.3 Å². The van der Waals surface area contributed by atoms with Gasteiger partial charge in [0.1, 0.15) is 0 Å². The third-order valence-electron chi connectivity index (χ3n) is 8.27. The van der Waals surface area contributed by atoms with Gasteiger partial charge in [0.2, 0.25) is 0 Å². The molecule has 8 aromatic carbocycles. The van der Waals surface area contributed by atoms with Crippen molar-refractivity contribution in [3.05, 3.63) is 252 Å². The minimum absolute atomic E-state index is 0. The van der Waals surface area contributed by atoms with Gasteiger partial charge in [-0.1, -0.05) is 205 Å². The molecule has 2 N–H and O–H groups in total. The summed E-state index contributed by atoms with van der Waals surface area (Å²) in [6.07, 6.45) is 0. The molecule has 306 valence electrons. The summed E-state index contributed by atoms with van der Waals surface area (Å²) in [4.78, 5) is 28.0. The minimum Gasteiger partial charge on any atom is -0.478 e. The molecule has 0 saturated heterocycles. The van der Waals surface area contributed by atoms with Gasteiger partial charge in [0.05, 0.1) is 11.1 Å². The van der Waals surface area contributed by atoms with E-state index < -0.39 is 27.8 Å². The quantitative estimate of drug-likeness (QED) is 0.117. The average molecular weight is 967 g/mol. The van der Waals surface area contributed by atoms with E-state index in [1.807, 2.05) is 0 Å². The fourth-order valence-electron chi connectivity index (χ4n) is 5.54. The molecular formula is C51H40Cl2O5P2Ru. The van der Waals surface area contributed by atoms with Crippen molar-refractivity contribution in [2.24, 2.45) is 0 Å². The molecule has 0 aliphatic rings. The maximum absolute atomic E-state index is 10.3. The molecule has 0 spiro atoms. The van der Waals surface area contributed by atoms with Gasteiger partial charge in [0.25, 0.3) is 6.79 Å². The van der Waals surface area contributed by atoms with Crippen LogP contribution >= 0.6 is 39.0 Å². The number of rotatable bonds is 8. The predicted molar refractivity (Wildman–Crippen MR) is 253 cm³/mol. The van der Waals surface area contributed by atoms with Crippen molar-refractivity contribution < 1.29 is 44.1 Å². The van der Waals surface area contributed by atoms with Gasteiger partial charge in [-0.2, -0.15) is 0 Å². The molecule has 0 saturated carbocycles. The van der Waals surface area contributed by atoms with Gasteiger partial charge in [-0.25, -0.2) is 9.59 Å². The van der Waals surface area contributed by atoms with Crippen LogP contribution in [0.15, 0.2) is 231 Å². The van der Waals surface area contributed by atoms with Gasteiger partial charge in [0, 0.05) is 29.5 Å². The Bertz CT molecular complexity index is 2060. The summed E-state index contributed by atoms with van der Waals surface area (Å²) >= 11 is 11.0. The Morgan fingerprint density at radius 2 is 0.492 bits per heavy atom. The maximum atomic E-state index is 10.3. The SMILES string of the molecule is O=C(O)c1ccc(Cl)cc1.O=C(O)c1ccc(Cl)cc1.[C]=O.[Ru].c1ccc(P(c2ccccc2)c2ccccc2)cc1.c1ccc(P(c2ccccc2)c2ccccc2)cc1. The van der Waals surface area contributed by atoms with E-state index in [0.29, 0.717) is 10.0 Å². The van der Waals surface area contributed by atoms with Crippen molar-refractivity contribution in [1.29, 1.82) is 0 Å². The van der Waals surface area contributed by atoms with E-state index >= 15 is 0 Å². The third-order valence-corrected chi connectivity index (χ3v) is 13.7. The van der Waals surface area contributed by atoms with Crippen LogP contribution < -0.4 is 31.8 Å². The molecular weight excluding hydrogens is 926 g/mol. The van der Waals surface area contributed by atoms with E-state index in [9.17, 15) is 9.59 Å². The first-order valence-corrected chi connectivity index (χ1v) is 21.8. The van der Waals surface area contributed by atoms with Crippen LogP contribution in [0.1, 0.15) is 20.7 Å². The van der Waals surface area contributed by atoms with E-state index in [0.717, 1.165) is 0 Å². The molecule has 8 rings (SSSR count). The van der Waals surface area contributed by atoms with Gasteiger partial charge in [0.15, 0.2) is 0 Å². The number of hydrogen-bond donors (Lipinski definition) is 2. The zero-order chi connectivity index (χ0) is 43.0. The number of hydrogen-bond acceptors (Lipinski definition) is 3. The zero-order valence-electron chi connectivity index (χ0n) is 32.6. The Morgan fingerprint density at radius 3 is 0.639 bits per heavy atom. The van der Waals surface area contributed by atoms with Crippen molar-refractivity contribution in [3.63, 3.8) is 0 Å². The molecule has 2 radical (unpaired) electrons. The van der Waals surface area contributed by atoms with E-state index in [1.165, 1.54) is 56.1 Å². The van der Waals surface area contributed by atoms with Gasteiger partial charge in [-0.3, -0.25) is 4.79 Å². The van der Waals surface area contributed by atoms with E-state index in [4.69, 9.17) is 38.2 Å². The summed E-state index contributed by atoms with van der Waals surface area (Å²) in [7, 11) is -0.892. The molecule has 0 heterocycles. The molecule has 0 aromatic heterocycles. The van der Waals surface area contributed by atoms with Crippen LogP contribution in [0.2, 0.25) is 10.0 Å². The van der Waals surface area contributed by atoms with Crippen LogP contribution in [0, 0.1) is 0 Å². The van der Waals surface area contributed by atoms with Gasteiger partial charge in [-0.15, -0.1) is 0 Å². The Hall–Kier alpha value is -5.57. The van der Waals surface area contributed by atoms with E-state index in [2.05, 4.69) is 189 Å². The number of carbonyl (C=O) groups excluding carboxylic acids is 1. The van der Waals surface area contributed by atoms with Crippen molar-refractivity contribution in [2.45, 2.75) is 0 Å². The molecule has 0 aliphatic carbocycles. The largest absolute Gasteiger partial charge is 0.478 e. The van der Waals surface area contributed by atoms with Crippen molar-refractivity contribution in [1.82, 2.24) is 0 Å². The van der Waals surface area contributed by atoms with Crippen LogP contribution in [0.25, 0.3) is 0 Å². The first-order valence-electron chi connectivity index (χ1n) is 18.4. The molecule has 5 nitrogen and oxygen atoms in total. The Balaban J connectivity index is 0.000000222. The zero-order valence-corrected chi connectivity index (χ0v) is 37.6. The summed E-state index contributed by atoms with van der Waals surface area (Å²) in [5.41, 5.74) is 0.508. The second-order valence-corrected chi connectivity index (χ2v) is 17.6. The standard InChI is InChI=1S/2C18H15P.2C7H5ClO2.CO.Ru/c2*1-4-10-16(11-5-1)19(17-12-6-2-7-13-17)18-14-8-3-9-15-18;2*8-6-3-1-5(2-4-6)7(9)10;1-2;/h2*1-15H;2*1-4H,(H,9,10);;. The number of benzene rings is 8. The van der Waals surface area contributed by atoms with Crippen LogP contribution in [0.4, 0.5) is 0 Å². The second-order valence-electron chi connectivity index (χ2n) is 12.3. The summed E-state index contributed by atoms with van der Waals surface area (Å²) < 4.78 is 0. The van der Waals surface area contributed by atoms with Crippen LogP contribution in [0.3, 0.4) is 0 Å². The number of carbonyl (C=O) groups is 2. The molecule has 0 atom stereocenters. The summed E-state index contributed by atoms with van der Waals surface area (Å²) in [5.74, 6) is -1.87. The molecule has 8 aromatic rings. The molecule has 0 fully saturated rings. The van der Waals surface area contributed by atoms with Gasteiger partial charge < -0.3 is 10.2 Å².